The first-order chi connectivity index (χ1) is 36.7. The molecule has 0 spiro atoms. The van der Waals surface area contributed by atoms with E-state index in [1.807, 2.05) is 42.5 Å². The molecule has 0 aromatic heterocycles. The summed E-state index contributed by atoms with van der Waals surface area (Å²) in [5, 5.41) is 56.9. The van der Waals surface area contributed by atoms with Gasteiger partial charge in [-0.15, -0.1) is 0 Å². The van der Waals surface area contributed by atoms with Crippen LogP contribution in [0.2, 0.25) is 0 Å². The van der Waals surface area contributed by atoms with Crippen molar-refractivity contribution in [3.05, 3.63) is 60.8 Å². The highest BCUT2D eigenvalue weighted by Crippen LogP contribution is 2.26. The van der Waals surface area contributed by atoms with Crippen molar-refractivity contribution in [3.63, 3.8) is 0 Å². The third-order valence-electron chi connectivity index (χ3n) is 14.5. The van der Waals surface area contributed by atoms with Gasteiger partial charge in [0.05, 0.1) is 25.4 Å². The van der Waals surface area contributed by atoms with Crippen LogP contribution in [-0.4, -0.2) is 99.6 Å². The molecule has 1 saturated heterocycles. The predicted octanol–water partition coefficient (Wildman–Crippen LogP) is 14.6. The molecule has 11 heteroatoms. The van der Waals surface area contributed by atoms with Crippen LogP contribution in [-0.2, 0) is 23.8 Å². The molecule has 436 valence electrons. The number of rotatable bonds is 52. The fourth-order valence-electron chi connectivity index (χ4n) is 9.60. The van der Waals surface area contributed by atoms with E-state index in [1.54, 1.807) is 6.08 Å². The van der Waals surface area contributed by atoms with Crippen molar-refractivity contribution in [1.82, 2.24) is 5.32 Å². The number of aliphatic hydroxyl groups excluding tert-OH is 5. The van der Waals surface area contributed by atoms with Crippen LogP contribution in [0, 0.1) is 0 Å². The Balaban J connectivity index is 2.64. The Morgan fingerprint density at radius 2 is 0.960 bits per heavy atom. The van der Waals surface area contributed by atoms with Crippen LogP contribution in [0.5, 0.6) is 0 Å². The lowest BCUT2D eigenvalue weighted by Gasteiger charge is -2.41. The van der Waals surface area contributed by atoms with Gasteiger partial charge < -0.3 is 45.1 Å². The molecule has 0 aromatic rings. The minimum absolute atomic E-state index is 0.123. The number of unbranched alkanes of at least 4 members (excludes halogenated alkanes) is 33. The quantitative estimate of drug-likeness (QED) is 0.0149. The summed E-state index contributed by atoms with van der Waals surface area (Å²) in [6.45, 7) is 5.64. The van der Waals surface area contributed by atoms with Gasteiger partial charge in [0.1, 0.15) is 24.4 Å². The molecule has 1 fully saturated rings. The Morgan fingerprint density at radius 1 is 0.533 bits per heavy atom. The van der Waals surface area contributed by atoms with Gasteiger partial charge in [-0.05, 0) is 44.9 Å². The first-order valence-corrected chi connectivity index (χ1v) is 31.1. The normalized spacial score (nSPS) is 19.6. The fraction of sp³-hybridized carbons (Fsp3) is 0.812. The van der Waals surface area contributed by atoms with E-state index >= 15 is 0 Å². The average molecular weight is 1060 g/mol. The SMILES string of the molecule is CC/C=C/C=C/C=C/C=C\CCCCCCC(O)C(=O)NC(COC1OC(CO)C(O)C(O)C1OC(=O)CCCCCCCCCCCCCCCCCCCCCCC)C(O)/C=C/CCCCCCCCCCC. The second kappa shape index (κ2) is 52.1. The fourth-order valence-corrected chi connectivity index (χ4v) is 9.60. The summed E-state index contributed by atoms with van der Waals surface area (Å²) in [7, 11) is 0. The minimum atomic E-state index is -1.62. The Morgan fingerprint density at radius 3 is 1.44 bits per heavy atom. The number of amides is 1. The predicted molar refractivity (Wildman–Crippen MR) is 310 cm³/mol. The van der Waals surface area contributed by atoms with E-state index in [0.717, 1.165) is 70.6 Å². The molecule has 75 heavy (non-hydrogen) atoms. The molecule has 0 saturated carbocycles. The summed E-state index contributed by atoms with van der Waals surface area (Å²) in [4.78, 5) is 26.5. The van der Waals surface area contributed by atoms with Crippen molar-refractivity contribution < 1.29 is 49.3 Å². The number of nitrogens with one attached hydrogen (secondary N) is 1. The van der Waals surface area contributed by atoms with Gasteiger partial charge in [-0.3, -0.25) is 9.59 Å². The monoisotopic (exact) mass is 1060 g/mol. The summed E-state index contributed by atoms with van der Waals surface area (Å²) in [5.41, 5.74) is 0. The van der Waals surface area contributed by atoms with Gasteiger partial charge in [-0.1, -0.05) is 281 Å². The molecule has 8 unspecified atom stereocenters. The summed E-state index contributed by atoms with van der Waals surface area (Å²) in [5.74, 6) is -1.21. The highest BCUT2D eigenvalue weighted by Gasteiger charge is 2.47. The van der Waals surface area contributed by atoms with Gasteiger partial charge in [0.15, 0.2) is 12.4 Å². The molecule has 1 rings (SSSR count). The molecule has 0 bridgehead atoms. The number of esters is 1. The molecule has 11 nitrogen and oxygen atoms in total. The lowest BCUT2D eigenvalue weighted by atomic mass is 9.99. The molecule has 1 amide bonds. The van der Waals surface area contributed by atoms with E-state index < -0.39 is 67.4 Å². The van der Waals surface area contributed by atoms with Gasteiger partial charge >= 0.3 is 5.97 Å². The van der Waals surface area contributed by atoms with Crippen LogP contribution >= 0.6 is 0 Å². The summed E-state index contributed by atoms with van der Waals surface area (Å²) in [6, 6.07) is -1.04. The molecule has 1 aliphatic heterocycles. The maximum Gasteiger partial charge on any atom is 0.306 e. The van der Waals surface area contributed by atoms with Crippen LogP contribution in [0.1, 0.15) is 271 Å². The van der Waals surface area contributed by atoms with Crippen LogP contribution in [0.3, 0.4) is 0 Å². The van der Waals surface area contributed by atoms with Crippen LogP contribution in [0.15, 0.2) is 60.8 Å². The molecule has 0 aliphatic carbocycles. The van der Waals surface area contributed by atoms with Crippen molar-refractivity contribution in [2.75, 3.05) is 13.2 Å². The van der Waals surface area contributed by atoms with Crippen LogP contribution in [0.25, 0.3) is 0 Å². The number of hydrogen-bond donors (Lipinski definition) is 6. The smallest absolute Gasteiger partial charge is 0.306 e. The highest BCUT2D eigenvalue weighted by atomic mass is 16.7. The Labute approximate surface area is 458 Å². The Hall–Kier alpha value is -2.64. The summed E-state index contributed by atoms with van der Waals surface area (Å²) < 4.78 is 17.6. The molecule has 0 aromatic carbocycles. The number of ether oxygens (including phenoxy) is 3. The molecule has 0 radical (unpaired) electrons. The third kappa shape index (κ3) is 40.2. The molecular weight excluding hydrogens is 943 g/mol. The molecule has 1 heterocycles. The second-order valence-electron chi connectivity index (χ2n) is 21.5. The molecular formula is C64H115NO10. The van der Waals surface area contributed by atoms with E-state index in [1.165, 1.54) is 154 Å². The lowest BCUT2D eigenvalue weighted by molar-refractivity contribution is -0.305. The molecule has 8 atom stereocenters. The topological polar surface area (TPSA) is 175 Å². The first-order valence-electron chi connectivity index (χ1n) is 31.1. The van der Waals surface area contributed by atoms with Gasteiger partial charge in [0, 0.05) is 6.42 Å². The average Bonchev–Trinajstić information content (AvgIpc) is 3.41. The van der Waals surface area contributed by atoms with Gasteiger partial charge in [-0.25, -0.2) is 0 Å². The van der Waals surface area contributed by atoms with Gasteiger partial charge in [-0.2, -0.15) is 0 Å². The van der Waals surface area contributed by atoms with Gasteiger partial charge in [0.2, 0.25) is 5.91 Å². The number of aliphatic hydroxyl groups is 5. The van der Waals surface area contributed by atoms with Crippen molar-refractivity contribution >= 4 is 11.9 Å². The number of hydrogen-bond acceptors (Lipinski definition) is 10. The second-order valence-corrected chi connectivity index (χ2v) is 21.5. The van der Waals surface area contributed by atoms with E-state index in [9.17, 15) is 35.1 Å². The number of carbonyl (C=O) groups is 2. The van der Waals surface area contributed by atoms with Gasteiger partial charge in [0.25, 0.3) is 0 Å². The van der Waals surface area contributed by atoms with Crippen molar-refractivity contribution in [2.45, 2.75) is 320 Å². The van der Waals surface area contributed by atoms with E-state index in [4.69, 9.17) is 14.2 Å². The zero-order valence-corrected chi connectivity index (χ0v) is 48.2. The van der Waals surface area contributed by atoms with Crippen molar-refractivity contribution in [1.29, 1.82) is 0 Å². The Kier molecular flexibility index (Phi) is 48.9. The highest BCUT2D eigenvalue weighted by molar-refractivity contribution is 5.80. The van der Waals surface area contributed by atoms with Crippen molar-refractivity contribution in [2.24, 2.45) is 0 Å². The van der Waals surface area contributed by atoms with Crippen molar-refractivity contribution in [3.8, 4) is 0 Å². The summed E-state index contributed by atoms with van der Waals surface area (Å²) in [6.07, 6.45) is 54.1. The lowest BCUT2D eigenvalue weighted by Crippen LogP contribution is -2.61. The van der Waals surface area contributed by atoms with Crippen LogP contribution in [0.4, 0.5) is 0 Å². The largest absolute Gasteiger partial charge is 0.454 e. The zero-order valence-electron chi connectivity index (χ0n) is 48.2. The molecule has 1 aliphatic rings. The summed E-state index contributed by atoms with van der Waals surface area (Å²) >= 11 is 0. The van der Waals surface area contributed by atoms with Crippen LogP contribution < -0.4 is 5.32 Å². The standard InChI is InChI=1S/C64H115NO10/c1-4-7-10-13-16-19-22-24-26-27-28-29-30-31-32-34-37-40-43-46-49-52-59(69)75-62-61(71)60(70)58(53-66)74-64(62)73-54-55(56(67)50-47-44-41-38-35-21-18-15-12-9-6-3)65-63(72)57(68)51-48-45-42-39-36-33-25-23-20-17-14-11-8-5-2/h8,11,14,17,20,23,25,33,47,50,55-58,60-62,64,66-68,70-71H,4-7,9-10,12-13,15-16,18-19,21-22,24,26-32,34-46,48-49,51-54H2,1-3H3,(H,65,72)/b11-8+,17-14+,23-20+,33-25-,50-47+. The minimum Gasteiger partial charge on any atom is -0.454 e. The van der Waals surface area contributed by atoms with E-state index in [0.29, 0.717) is 12.8 Å². The van der Waals surface area contributed by atoms with E-state index in [-0.39, 0.29) is 19.4 Å². The maximum absolute atomic E-state index is 13.4. The third-order valence-corrected chi connectivity index (χ3v) is 14.5. The number of allylic oxidation sites excluding steroid dienone is 9. The van der Waals surface area contributed by atoms with E-state index in [2.05, 4.69) is 38.2 Å². The maximum atomic E-state index is 13.4. The first kappa shape index (κ1) is 70.4. The molecule has 6 N–H and O–H groups in total. The zero-order chi connectivity index (χ0) is 54.7. The number of carbonyl (C=O) groups excluding carboxylic acids is 2. The Bertz CT molecular complexity index is 1450.